The molecule has 0 heterocycles. The summed E-state index contributed by atoms with van der Waals surface area (Å²) < 4.78 is 30.4. The molecule has 96 valence electrons. The molecule has 0 saturated carbocycles. The van der Waals surface area contributed by atoms with Crippen LogP contribution in [0.3, 0.4) is 0 Å². The summed E-state index contributed by atoms with van der Waals surface area (Å²) in [4.78, 5) is 0.161. The van der Waals surface area contributed by atoms with E-state index in [1.54, 1.807) is 0 Å². The first kappa shape index (κ1) is 14.0. The maximum atomic E-state index is 12.0. The number of hydrogen-bond donors (Lipinski definition) is 1. The molecule has 0 radical (unpaired) electrons. The Balaban J connectivity index is 2.76. The Morgan fingerprint density at radius 2 is 1.88 bits per heavy atom. The van der Waals surface area contributed by atoms with E-state index in [0.29, 0.717) is 19.8 Å². The molecule has 1 N–H and O–H groups in total. The van der Waals surface area contributed by atoms with Gasteiger partial charge in [-0.25, -0.2) is 8.42 Å². The lowest BCUT2D eigenvalue weighted by molar-refractivity contribution is 0.138. The molecule has 0 spiro atoms. The number of nitrogens with zero attached hydrogens (tertiary/aromatic N) is 1. The fourth-order valence-electron chi connectivity index (χ4n) is 1.26. The summed E-state index contributed by atoms with van der Waals surface area (Å²) in [5.41, 5.74) is 0. The van der Waals surface area contributed by atoms with E-state index in [0.717, 1.165) is 0 Å². The van der Waals surface area contributed by atoms with Crippen molar-refractivity contribution < 1.29 is 18.3 Å². The average molecular weight is 259 g/mol. The van der Waals surface area contributed by atoms with Crippen LogP contribution in [0.25, 0.3) is 0 Å². The van der Waals surface area contributed by atoms with Gasteiger partial charge in [0.05, 0.1) is 11.5 Å². The summed E-state index contributed by atoms with van der Waals surface area (Å²) in [5.74, 6) is 0.0425. The maximum absolute atomic E-state index is 12.0. The van der Waals surface area contributed by atoms with Crippen LogP contribution in [0.4, 0.5) is 0 Å². The van der Waals surface area contributed by atoms with Gasteiger partial charge in [-0.3, -0.25) is 0 Å². The van der Waals surface area contributed by atoms with Crippen molar-refractivity contribution in [1.29, 1.82) is 0 Å². The van der Waals surface area contributed by atoms with Gasteiger partial charge in [-0.2, -0.15) is 4.31 Å². The quantitative estimate of drug-likeness (QED) is 0.775. The Morgan fingerprint density at radius 3 is 2.41 bits per heavy atom. The van der Waals surface area contributed by atoms with Gasteiger partial charge in [0.2, 0.25) is 10.0 Å². The Morgan fingerprint density at radius 1 is 1.29 bits per heavy atom. The lowest BCUT2D eigenvalue weighted by atomic mass is 10.3. The van der Waals surface area contributed by atoms with Gasteiger partial charge in [-0.1, -0.05) is 0 Å². The largest absolute Gasteiger partial charge is 0.508 e. The topological polar surface area (TPSA) is 66.8 Å². The third-order valence-corrected chi connectivity index (χ3v) is 4.17. The van der Waals surface area contributed by atoms with E-state index in [-0.39, 0.29) is 10.6 Å². The van der Waals surface area contributed by atoms with Crippen molar-refractivity contribution in [3.05, 3.63) is 24.3 Å². The SMILES string of the molecule is CCOCCN(C)S(=O)(=O)c1ccc(O)cc1. The summed E-state index contributed by atoms with van der Waals surface area (Å²) in [7, 11) is -1.99. The van der Waals surface area contributed by atoms with Crippen molar-refractivity contribution in [3.63, 3.8) is 0 Å². The standard InChI is InChI=1S/C11H17NO4S/c1-3-16-9-8-12(2)17(14,15)11-6-4-10(13)5-7-11/h4-7,13H,3,8-9H2,1-2H3. The van der Waals surface area contributed by atoms with Crippen LogP contribution < -0.4 is 0 Å². The molecule has 6 heteroatoms. The van der Waals surface area contributed by atoms with Crippen molar-refractivity contribution in [1.82, 2.24) is 4.31 Å². The average Bonchev–Trinajstić information content (AvgIpc) is 2.29. The van der Waals surface area contributed by atoms with Crippen molar-refractivity contribution in [2.45, 2.75) is 11.8 Å². The van der Waals surface area contributed by atoms with Gasteiger partial charge in [0.1, 0.15) is 5.75 Å². The minimum absolute atomic E-state index is 0.0425. The summed E-state index contributed by atoms with van der Waals surface area (Å²) in [5, 5.41) is 9.11. The highest BCUT2D eigenvalue weighted by Crippen LogP contribution is 2.17. The summed E-state index contributed by atoms with van der Waals surface area (Å²) >= 11 is 0. The summed E-state index contributed by atoms with van der Waals surface area (Å²) in [6.07, 6.45) is 0. The molecule has 0 aliphatic heterocycles. The number of aromatic hydroxyl groups is 1. The van der Waals surface area contributed by atoms with Crippen LogP contribution in [0.1, 0.15) is 6.92 Å². The second kappa shape index (κ2) is 6.00. The molecule has 0 aromatic heterocycles. The van der Waals surface area contributed by atoms with E-state index in [1.807, 2.05) is 6.92 Å². The Kier molecular flexibility index (Phi) is 4.92. The predicted octanol–water partition coefficient (Wildman–Crippen LogP) is 1.05. The number of benzene rings is 1. The first-order valence-electron chi connectivity index (χ1n) is 5.31. The molecular weight excluding hydrogens is 242 g/mol. The molecule has 0 fully saturated rings. The zero-order valence-corrected chi connectivity index (χ0v) is 10.8. The fourth-order valence-corrected chi connectivity index (χ4v) is 2.41. The van der Waals surface area contributed by atoms with Crippen LogP contribution in [-0.2, 0) is 14.8 Å². The van der Waals surface area contributed by atoms with Crippen molar-refractivity contribution in [2.24, 2.45) is 0 Å². The highest BCUT2D eigenvalue weighted by molar-refractivity contribution is 7.89. The van der Waals surface area contributed by atoms with Crippen LogP contribution in [-0.4, -0.2) is 44.6 Å². The van der Waals surface area contributed by atoms with Gasteiger partial charge in [-0.15, -0.1) is 0 Å². The monoisotopic (exact) mass is 259 g/mol. The smallest absolute Gasteiger partial charge is 0.242 e. The second-order valence-corrected chi connectivity index (χ2v) is 5.56. The first-order chi connectivity index (χ1) is 7.98. The first-order valence-corrected chi connectivity index (χ1v) is 6.75. The number of rotatable bonds is 6. The highest BCUT2D eigenvalue weighted by Gasteiger charge is 2.19. The van der Waals surface area contributed by atoms with E-state index < -0.39 is 10.0 Å². The van der Waals surface area contributed by atoms with Crippen molar-refractivity contribution >= 4 is 10.0 Å². The zero-order chi connectivity index (χ0) is 12.9. The zero-order valence-electron chi connectivity index (χ0n) is 9.96. The van der Waals surface area contributed by atoms with Crippen LogP contribution >= 0.6 is 0 Å². The molecule has 0 unspecified atom stereocenters. The summed E-state index contributed by atoms with van der Waals surface area (Å²) in [6, 6.07) is 5.45. The normalized spacial score (nSPS) is 11.9. The maximum Gasteiger partial charge on any atom is 0.242 e. The molecule has 0 aliphatic rings. The van der Waals surface area contributed by atoms with Gasteiger partial charge < -0.3 is 9.84 Å². The van der Waals surface area contributed by atoms with Crippen molar-refractivity contribution in [2.75, 3.05) is 26.8 Å². The predicted molar refractivity (Wildman–Crippen MR) is 64.4 cm³/mol. The van der Waals surface area contributed by atoms with E-state index >= 15 is 0 Å². The van der Waals surface area contributed by atoms with E-state index in [2.05, 4.69) is 0 Å². The molecule has 1 aromatic rings. The third kappa shape index (κ3) is 3.69. The highest BCUT2D eigenvalue weighted by atomic mass is 32.2. The molecular formula is C11H17NO4S. The summed E-state index contributed by atoms with van der Waals surface area (Å²) in [6.45, 7) is 3.09. The molecule has 1 rings (SSSR count). The van der Waals surface area contributed by atoms with Crippen LogP contribution in [0, 0.1) is 0 Å². The van der Waals surface area contributed by atoms with Crippen LogP contribution in [0.15, 0.2) is 29.2 Å². The molecule has 17 heavy (non-hydrogen) atoms. The number of hydrogen-bond acceptors (Lipinski definition) is 4. The number of phenolic OH excluding ortho intramolecular Hbond substituents is 1. The Hall–Kier alpha value is -1.11. The Bertz CT molecular complexity index is 441. The number of ether oxygens (including phenoxy) is 1. The van der Waals surface area contributed by atoms with Crippen LogP contribution in [0.5, 0.6) is 5.75 Å². The van der Waals surface area contributed by atoms with E-state index in [9.17, 15) is 8.42 Å². The molecule has 0 bridgehead atoms. The molecule has 0 aliphatic carbocycles. The van der Waals surface area contributed by atoms with Gasteiger partial charge in [0.25, 0.3) is 0 Å². The lowest BCUT2D eigenvalue weighted by Crippen LogP contribution is -2.30. The molecule has 0 saturated heterocycles. The molecule has 0 amide bonds. The minimum Gasteiger partial charge on any atom is -0.508 e. The number of likely N-dealkylation sites (N-methyl/N-ethyl adjacent to an activating group) is 1. The number of phenols is 1. The van der Waals surface area contributed by atoms with Gasteiger partial charge >= 0.3 is 0 Å². The fraction of sp³-hybridized carbons (Fsp3) is 0.455. The van der Waals surface area contributed by atoms with E-state index in [4.69, 9.17) is 9.84 Å². The van der Waals surface area contributed by atoms with Crippen LogP contribution in [0.2, 0.25) is 0 Å². The van der Waals surface area contributed by atoms with Gasteiger partial charge in [0, 0.05) is 20.2 Å². The van der Waals surface area contributed by atoms with E-state index in [1.165, 1.54) is 35.6 Å². The minimum atomic E-state index is -3.49. The molecule has 5 nitrogen and oxygen atoms in total. The Labute approximate surface area is 102 Å². The van der Waals surface area contributed by atoms with Crippen molar-refractivity contribution in [3.8, 4) is 5.75 Å². The van der Waals surface area contributed by atoms with Gasteiger partial charge in [0.15, 0.2) is 0 Å². The third-order valence-electron chi connectivity index (χ3n) is 2.30. The molecule has 0 atom stereocenters. The second-order valence-electron chi connectivity index (χ2n) is 3.52. The molecule has 1 aromatic carbocycles. The lowest BCUT2D eigenvalue weighted by Gasteiger charge is -2.16. The number of sulfonamides is 1. The van der Waals surface area contributed by atoms with Gasteiger partial charge in [-0.05, 0) is 31.2 Å².